The molecule has 0 bridgehead atoms. The zero-order valence-electron chi connectivity index (χ0n) is 12.0. The monoisotopic (exact) mass is 326 g/mol. The molecule has 0 aliphatic carbocycles. The minimum atomic E-state index is -3.58. The van der Waals surface area contributed by atoms with Gasteiger partial charge in [0, 0.05) is 24.5 Å². The number of aromatic nitrogens is 1. The van der Waals surface area contributed by atoms with Crippen LogP contribution >= 0.6 is 11.3 Å². The van der Waals surface area contributed by atoms with Gasteiger partial charge in [-0.2, -0.15) is 0 Å². The first-order chi connectivity index (χ1) is 9.94. The van der Waals surface area contributed by atoms with Crippen molar-refractivity contribution in [1.82, 2.24) is 9.71 Å². The van der Waals surface area contributed by atoms with E-state index in [9.17, 15) is 13.5 Å². The number of nitrogens with one attached hydrogen (secondary N) is 1. The maximum absolute atomic E-state index is 12.4. The van der Waals surface area contributed by atoms with Crippen LogP contribution in [-0.2, 0) is 23.1 Å². The number of aliphatic hydroxyl groups excluding tert-OH is 1. The highest BCUT2D eigenvalue weighted by Gasteiger charge is 2.18. The fraction of sp³-hybridized carbons (Fsp3) is 0.357. The number of benzene rings is 1. The van der Waals surface area contributed by atoms with Crippen molar-refractivity contribution in [2.45, 2.75) is 31.8 Å². The Kier molecular flexibility index (Phi) is 5.10. The first-order valence-corrected chi connectivity index (χ1v) is 8.89. The topological polar surface area (TPSA) is 79.3 Å². The highest BCUT2D eigenvalue weighted by molar-refractivity contribution is 7.89. The van der Waals surface area contributed by atoms with Gasteiger partial charge in [0.05, 0.1) is 16.5 Å². The van der Waals surface area contributed by atoms with Crippen molar-refractivity contribution in [3.8, 4) is 0 Å². The lowest BCUT2D eigenvalue weighted by Gasteiger charge is -2.12. The summed E-state index contributed by atoms with van der Waals surface area (Å²) < 4.78 is 27.4. The third-order valence-electron chi connectivity index (χ3n) is 3.27. The normalized spacial score (nSPS) is 11.8. The van der Waals surface area contributed by atoms with E-state index in [-0.39, 0.29) is 11.5 Å². The highest BCUT2D eigenvalue weighted by atomic mass is 32.2. The van der Waals surface area contributed by atoms with Crippen LogP contribution in [0.2, 0.25) is 0 Å². The van der Waals surface area contributed by atoms with Crippen molar-refractivity contribution < 1.29 is 13.5 Å². The summed E-state index contributed by atoms with van der Waals surface area (Å²) in [6, 6.07) is 3.32. The van der Waals surface area contributed by atoms with Crippen LogP contribution in [0.25, 0.3) is 0 Å². The fourth-order valence-electron chi connectivity index (χ4n) is 2.02. The minimum absolute atomic E-state index is 0.178. The average Bonchev–Trinajstić information content (AvgIpc) is 2.94. The van der Waals surface area contributed by atoms with Gasteiger partial charge in [0.1, 0.15) is 0 Å². The summed E-state index contributed by atoms with van der Waals surface area (Å²) in [5.41, 5.74) is 2.15. The molecule has 1 aromatic heterocycles. The Hall–Kier alpha value is -1.28. The van der Waals surface area contributed by atoms with Crippen LogP contribution < -0.4 is 4.72 Å². The molecule has 0 saturated carbocycles. The third kappa shape index (κ3) is 3.88. The van der Waals surface area contributed by atoms with E-state index in [4.69, 9.17) is 0 Å². The molecule has 0 aliphatic heterocycles. The molecule has 21 heavy (non-hydrogen) atoms. The Labute approximate surface area is 128 Å². The molecule has 2 N–H and O–H groups in total. The number of thiazole rings is 1. The molecule has 5 nitrogen and oxygen atoms in total. The maximum Gasteiger partial charge on any atom is 0.240 e. The molecule has 0 spiro atoms. The first-order valence-electron chi connectivity index (χ1n) is 6.53. The van der Waals surface area contributed by atoms with Crippen molar-refractivity contribution in [3.63, 3.8) is 0 Å². The largest absolute Gasteiger partial charge is 0.392 e. The number of hydrogen-bond acceptors (Lipinski definition) is 5. The SMILES string of the molecule is Cc1cc(CO)cc(S(=O)(=O)NCCc2nccs2)c1C. The summed E-state index contributed by atoms with van der Waals surface area (Å²) in [4.78, 5) is 4.35. The fourth-order valence-corrected chi connectivity index (χ4v) is 4.03. The molecule has 0 saturated heterocycles. The number of hydrogen-bond donors (Lipinski definition) is 2. The summed E-state index contributed by atoms with van der Waals surface area (Å²) >= 11 is 1.50. The van der Waals surface area contributed by atoms with Gasteiger partial charge >= 0.3 is 0 Å². The lowest BCUT2D eigenvalue weighted by molar-refractivity contribution is 0.281. The van der Waals surface area contributed by atoms with Gasteiger partial charge in [-0.15, -0.1) is 11.3 Å². The third-order valence-corrected chi connectivity index (χ3v) is 5.69. The quantitative estimate of drug-likeness (QED) is 0.848. The Morgan fingerprint density at radius 3 is 2.71 bits per heavy atom. The van der Waals surface area contributed by atoms with E-state index in [0.29, 0.717) is 24.1 Å². The van der Waals surface area contributed by atoms with Crippen LogP contribution in [0.3, 0.4) is 0 Å². The number of aryl methyl sites for hydroxylation is 1. The van der Waals surface area contributed by atoms with Crippen LogP contribution in [0.5, 0.6) is 0 Å². The molecular formula is C14H18N2O3S2. The van der Waals surface area contributed by atoms with Gasteiger partial charge in [0.15, 0.2) is 0 Å². The van der Waals surface area contributed by atoms with Crippen LogP contribution in [0.1, 0.15) is 21.7 Å². The first kappa shape index (κ1) is 16.1. The number of aliphatic hydroxyl groups is 1. The second-order valence-corrected chi connectivity index (χ2v) is 7.48. The number of nitrogens with zero attached hydrogens (tertiary/aromatic N) is 1. The van der Waals surface area contributed by atoms with Crippen molar-refractivity contribution >= 4 is 21.4 Å². The van der Waals surface area contributed by atoms with Crippen LogP contribution in [0.4, 0.5) is 0 Å². The van der Waals surface area contributed by atoms with Crippen molar-refractivity contribution in [1.29, 1.82) is 0 Å². The Balaban J connectivity index is 2.17. The van der Waals surface area contributed by atoms with Gasteiger partial charge in [-0.25, -0.2) is 18.1 Å². The molecule has 0 fully saturated rings. The van der Waals surface area contributed by atoms with E-state index >= 15 is 0 Å². The standard InChI is InChI=1S/C14H18N2O3S2/c1-10-7-12(9-17)8-13(11(10)2)21(18,19)16-4-3-14-15-5-6-20-14/h5-8,16-17H,3-4,9H2,1-2H3. The van der Waals surface area contributed by atoms with Gasteiger partial charge in [-0.3, -0.25) is 0 Å². The lowest BCUT2D eigenvalue weighted by Crippen LogP contribution is -2.27. The zero-order valence-corrected chi connectivity index (χ0v) is 13.6. The summed E-state index contributed by atoms with van der Waals surface area (Å²) in [5.74, 6) is 0. The van der Waals surface area contributed by atoms with Gasteiger partial charge < -0.3 is 5.11 Å². The Morgan fingerprint density at radius 2 is 2.10 bits per heavy atom. The molecule has 0 unspecified atom stereocenters. The van der Waals surface area contributed by atoms with E-state index in [0.717, 1.165) is 10.6 Å². The molecule has 1 aromatic carbocycles. The number of sulfonamides is 1. The van der Waals surface area contributed by atoms with E-state index in [1.807, 2.05) is 12.3 Å². The van der Waals surface area contributed by atoms with Crippen LogP contribution in [0.15, 0.2) is 28.6 Å². The molecule has 0 radical (unpaired) electrons. The maximum atomic E-state index is 12.4. The summed E-state index contributed by atoms with van der Waals surface area (Å²) in [7, 11) is -3.58. The molecule has 2 rings (SSSR count). The molecule has 1 heterocycles. The Morgan fingerprint density at radius 1 is 1.33 bits per heavy atom. The van der Waals surface area contributed by atoms with E-state index in [2.05, 4.69) is 9.71 Å². The molecule has 114 valence electrons. The zero-order chi connectivity index (χ0) is 15.5. The van der Waals surface area contributed by atoms with Crippen LogP contribution in [-0.4, -0.2) is 25.1 Å². The van der Waals surface area contributed by atoms with Gasteiger partial charge in [0.2, 0.25) is 10.0 Å². The van der Waals surface area contributed by atoms with Gasteiger partial charge in [-0.05, 0) is 36.6 Å². The lowest BCUT2D eigenvalue weighted by atomic mass is 10.1. The molecule has 0 atom stereocenters. The van der Waals surface area contributed by atoms with E-state index in [1.54, 1.807) is 19.2 Å². The summed E-state index contributed by atoms with van der Waals surface area (Å²) in [5, 5.41) is 12.0. The summed E-state index contributed by atoms with van der Waals surface area (Å²) in [6.45, 7) is 3.73. The summed E-state index contributed by atoms with van der Waals surface area (Å²) in [6.07, 6.45) is 2.27. The molecule has 0 amide bonds. The molecule has 0 aliphatic rings. The van der Waals surface area contributed by atoms with Crippen molar-refractivity contribution in [3.05, 3.63) is 45.4 Å². The number of rotatable bonds is 6. The van der Waals surface area contributed by atoms with Crippen molar-refractivity contribution in [2.24, 2.45) is 0 Å². The predicted octanol–water partition coefficient (Wildman–Crippen LogP) is 1.77. The van der Waals surface area contributed by atoms with Crippen LogP contribution in [0, 0.1) is 13.8 Å². The highest BCUT2D eigenvalue weighted by Crippen LogP contribution is 2.21. The average molecular weight is 326 g/mol. The van der Waals surface area contributed by atoms with Gasteiger partial charge in [0.25, 0.3) is 0 Å². The second kappa shape index (κ2) is 6.65. The smallest absolute Gasteiger partial charge is 0.240 e. The molecular weight excluding hydrogens is 308 g/mol. The van der Waals surface area contributed by atoms with E-state index in [1.165, 1.54) is 17.4 Å². The van der Waals surface area contributed by atoms with Crippen molar-refractivity contribution in [2.75, 3.05) is 6.54 Å². The molecule has 2 aromatic rings. The molecule has 7 heteroatoms. The second-order valence-electron chi connectivity index (χ2n) is 4.77. The predicted molar refractivity (Wildman–Crippen MR) is 82.8 cm³/mol. The minimum Gasteiger partial charge on any atom is -0.392 e. The van der Waals surface area contributed by atoms with E-state index < -0.39 is 10.0 Å². The Bertz CT molecular complexity index is 710. The van der Waals surface area contributed by atoms with Gasteiger partial charge in [-0.1, -0.05) is 6.07 Å².